The van der Waals surface area contributed by atoms with Crippen LogP contribution in [0.15, 0.2) is 188 Å². The lowest BCUT2D eigenvalue weighted by Crippen LogP contribution is -2.28. The van der Waals surface area contributed by atoms with Crippen molar-refractivity contribution in [3.8, 4) is 67.3 Å². The topological polar surface area (TPSA) is 51.6 Å². The van der Waals surface area contributed by atoms with Gasteiger partial charge in [0.1, 0.15) is 5.82 Å². The van der Waals surface area contributed by atoms with E-state index in [9.17, 15) is 0 Å². The molecule has 0 saturated heterocycles. The lowest BCUT2D eigenvalue weighted by atomic mass is 9.67. The van der Waals surface area contributed by atoms with E-state index < -0.39 is 5.41 Å². The van der Waals surface area contributed by atoms with Crippen LogP contribution in [0.2, 0.25) is 0 Å². The van der Waals surface area contributed by atoms with Gasteiger partial charge in [-0.2, -0.15) is 0 Å². The minimum absolute atomic E-state index is 0.572. The molecule has 1 aliphatic rings. The maximum Gasteiger partial charge on any atom is 0.163 e. The van der Waals surface area contributed by atoms with Gasteiger partial charge in [-0.15, -0.1) is 0 Å². The monoisotopic (exact) mass is 744 g/mol. The standard InChI is InChI=1S/C54H40N4/c1-35-33-55-34-36(2)51(35)43-19-13-18-42(31-43)41-17-12-16-40(30-41)38-24-27-46(28-25-38)54(45-20-8-5-9-21-45)49-23-11-10-22-47(49)48-29-26-44(32-50(48)54)53-57-37(3)56-52(58-53)39-14-6-4-7-15-39/h4-34H,1-3H3. The van der Waals surface area contributed by atoms with Gasteiger partial charge in [0.15, 0.2) is 11.6 Å². The zero-order chi connectivity index (χ0) is 39.2. The van der Waals surface area contributed by atoms with Crippen LogP contribution in [0.5, 0.6) is 0 Å². The molecule has 0 fully saturated rings. The lowest BCUT2D eigenvalue weighted by Gasteiger charge is -2.34. The molecule has 9 aromatic rings. The van der Waals surface area contributed by atoms with Crippen molar-refractivity contribution in [2.24, 2.45) is 0 Å². The third kappa shape index (κ3) is 5.93. The summed E-state index contributed by atoms with van der Waals surface area (Å²) in [6.45, 7) is 6.20. The Bertz CT molecular complexity index is 2950. The molecule has 1 atom stereocenters. The molecule has 0 amide bonds. The van der Waals surface area contributed by atoms with Crippen LogP contribution >= 0.6 is 0 Å². The second-order valence-corrected chi connectivity index (χ2v) is 15.2. The first-order valence-electron chi connectivity index (χ1n) is 19.8. The Labute approximate surface area is 339 Å². The van der Waals surface area contributed by atoms with E-state index in [4.69, 9.17) is 15.0 Å². The summed E-state index contributed by atoms with van der Waals surface area (Å²) in [4.78, 5) is 19.0. The highest BCUT2D eigenvalue weighted by atomic mass is 15.0. The van der Waals surface area contributed by atoms with E-state index in [1.807, 2.05) is 49.6 Å². The molecule has 0 bridgehead atoms. The molecule has 10 rings (SSSR count). The molecule has 0 spiro atoms. The Morgan fingerprint density at radius 3 is 1.59 bits per heavy atom. The summed E-state index contributed by atoms with van der Waals surface area (Å²) < 4.78 is 0. The Morgan fingerprint density at radius 1 is 0.362 bits per heavy atom. The number of benzene rings is 7. The van der Waals surface area contributed by atoms with E-state index in [1.54, 1.807) is 0 Å². The van der Waals surface area contributed by atoms with E-state index in [0.717, 1.165) is 11.1 Å². The SMILES string of the molecule is Cc1nc(-c2ccccc2)nc(-c2ccc3c(c2)C(c2ccccc2)(c2ccc(-c4cccc(-c5cccc(-c6c(C)cncc6C)c5)c4)cc2)c2ccccc2-3)n1. The van der Waals surface area contributed by atoms with Gasteiger partial charge in [0, 0.05) is 23.5 Å². The van der Waals surface area contributed by atoms with Gasteiger partial charge >= 0.3 is 0 Å². The molecule has 0 saturated carbocycles. The number of nitrogens with zero attached hydrogens (tertiary/aromatic N) is 4. The fourth-order valence-electron chi connectivity index (χ4n) is 9.02. The van der Waals surface area contributed by atoms with E-state index in [0.29, 0.717) is 17.5 Å². The minimum Gasteiger partial charge on any atom is -0.264 e. The summed E-state index contributed by atoms with van der Waals surface area (Å²) >= 11 is 0. The first kappa shape index (κ1) is 35.1. The second kappa shape index (κ2) is 14.3. The Morgan fingerprint density at radius 2 is 0.879 bits per heavy atom. The van der Waals surface area contributed by atoms with Crippen LogP contribution in [-0.2, 0) is 5.41 Å². The largest absolute Gasteiger partial charge is 0.264 e. The summed E-state index contributed by atoms with van der Waals surface area (Å²) in [7, 11) is 0. The number of hydrogen-bond donors (Lipinski definition) is 0. The molecule has 276 valence electrons. The average molecular weight is 745 g/mol. The minimum atomic E-state index is -0.572. The quantitative estimate of drug-likeness (QED) is 0.163. The molecule has 2 aromatic heterocycles. The molecule has 1 unspecified atom stereocenters. The van der Waals surface area contributed by atoms with Gasteiger partial charge in [0.05, 0.1) is 5.41 Å². The van der Waals surface area contributed by atoms with Gasteiger partial charge in [-0.05, 0) is 117 Å². The predicted molar refractivity (Wildman–Crippen MR) is 236 cm³/mol. The number of aryl methyl sites for hydroxylation is 3. The van der Waals surface area contributed by atoms with Gasteiger partial charge < -0.3 is 0 Å². The van der Waals surface area contributed by atoms with Gasteiger partial charge in [-0.3, -0.25) is 4.98 Å². The number of rotatable bonds is 7. The maximum atomic E-state index is 5.02. The molecule has 58 heavy (non-hydrogen) atoms. The summed E-state index contributed by atoms with van der Waals surface area (Å²) in [5, 5.41) is 0. The van der Waals surface area contributed by atoms with Crippen LogP contribution in [0, 0.1) is 20.8 Å². The highest BCUT2D eigenvalue weighted by Gasteiger charge is 2.46. The van der Waals surface area contributed by atoms with Crippen molar-refractivity contribution < 1.29 is 0 Å². The van der Waals surface area contributed by atoms with Crippen LogP contribution in [-0.4, -0.2) is 19.9 Å². The third-order valence-electron chi connectivity index (χ3n) is 11.6. The second-order valence-electron chi connectivity index (χ2n) is 15.2. The van der Waals surface area contributed by atoms with Crippen LogP contribution in [0.3, 0.4) is 0 Å². The molecular weight excluding hydrogens is 705 g/mol. The summed E-state index contributed by atoms with van der Waals surface area (Å²) in [6, 6.07) is 63.6. The zero-order valence-corrected chi connectivity index (χ0v) is 32.7. The first-order chi connectivity index (χ1) is 28.5. The van der Waals surface area contributed by atoms with Crippen LogP contribution < -0.4 is 0 Å². The molecule has 7 aromatic carbocycles. The maximum absolute atomic E-state index is 5.02. The molecule has 4 nitrogen and oxygen atoms in total. The Balaban J connectivity index is 1.09. The average Bonchev–Trinajstić information content (AvgIpc) is 3.57. The third-order valence-corrected chi connectivity index (χ3v) is 11.6. The molecule has 0 aliphatic heterocycles. The summed E-state index contributed by atoms with van der Waals surface area (Å²) in [5.41, 5.74) is 18.2. The van der Waals surface area contributed by atoms with Crippen molar-refractivity contribution in [3.63, 3.8) is 0 Å². The fraction of sp³-hybridized carbons (Fsp3) is 0.0741. The highest BCUT2D eigenvalue weighted by Crippen LogP contribution is 2.56. The fourth-order valence-corrected chi connectivity index (χ4v) is 9.02. The van der Waals surface area contributed by atoms with Crippen LogP contribution in [0.1, 0.15) is 39.2 Å². The lowest BCUT2D eigenvalue weighted by molar-refractivity contribution is 0.768. The summed E-state index contributed by atoms with van der Waals surface area (Å²) in [5.74, 6) is 2.03. The van der Waals surface area contributed by atoms with Gasteiger partial charge in [-0.1, -0.05) is 158 Å². The van der Waals surface area contributed by atoms with Gasteiger partial charge in [0.2, 0.25) is 0 Å². The van der Waals surface area contributed by atoms with Crippen molar-refractivity contribution in [1.82, 2.24) is 19.9 Å². The van der Waals surface area contributed by atoms with Crippen LogP contribution in [0.25, 0.3) is 67.3 Å². The molecule has 0 N–H and O–H groups in total. The van der Waals surface area contributed by atoms with Crippen LogP contribution in [0.4, 0.5) is 0 Å². The van der Waals surface area contributed by atoms with Crippen molar-refractivity contribution >= 4 is 0 Å². The highest BCUT2D eigenvalue weighted by molar-refractivity contribution is 5.88. The van der Waals surface area contributed by atoms with Crippen molar-refractivity contribution in [2.75, 3.05) is 0 Å². The van der Waals surface area contributed by atoms with E-state index in [-0.39, 0.29) is 0 Å². The number of aromatic nitrogens is 4. The smallest absolute Gasteiger partial charge is 0.163 e. The first-order valence-corrected chi connectivity index (χ1v) is 19.8. The molecule has 4 heteroatoms. The normalized spacial score (nSPS) is 14.2. The molecule has 2 heterocycles. The van der Waals surface area contributed by atoms with Crippen molar-refractivity contribution in [1.29, 1.82) is 0 Å². The predicted octanol–water partition coefficient (Wildman–Crippen LogP) is 12.9. The van der Waals surface area contributed by atoms with Gasteiger partial charge in [-0.25, -0.2) is 15.0 Å². The number of fused-ring (bicyclic) bond motifs is 3. The molecule has 1 aliphatic carbocycles. The van der Waals surface area contributed by atoms with Crippen molar-refractivity contribution in [2.45, 2.75) is 26.2 Å². The van der Waals surface area contributed by atoms with E-state index in [2.05, 4.69) is 164 Å². The zero-order valence-electron chi connectivity index (χ0n) is 32.7. The Kier molecular flexibility index (Phi) is 8.68. The number of pyridine rings is 1. The number of hydrogen-bond acceptors (Lipinski definition) is 4. The van der Waals surface area contributed by atoms with Crippen molar-refractivity contribution in [3.05, 3.63) is 228 Å². The molecular formula is C54H40N4. The van der Waals surface area contributed by atoms with E-state index >= 15 is 0 Å². The Hall–Kier alpha value is -7.30. The van der Waals surface area contributed by atoms with Gasteiger partial charge in [0.25, 0.3) is 0 Å². The van der Waals surface area contributed by atoms with E-state index in [1.165, 1.54) is 77.9 Å². The molecule has 0 radical (unpaired) electrons. The summed E-state index contributed by atoms with van der Waals surface area (Å²) in [6.07, 6.45) is 3.89.